The Morgan fingerprint density at radius 3 is 2.60 bits per heavy atom. The monoisotopic (exact) mass is 297 g/mol. The summed E-state index contributed by atoms with van der Waals surface area (Å²) in [6.07, 6.45) is 7.59. The van der Waals surface area contributed by atoms with Crippen molar-refractivity contribution < 1.29 is 10.0 Å². The average Bonchev–Trinajstić information content (AvgIpc) is 2.43. The molecule has 0 atom stereocenters. The zero-order valence-corrected chi connectivity index (χ0v) is 12.8. The van der Waals surface area contributed by atoms with Crippen LogP contribution in [0.4, 0.5) is 5.69 Å². The zero-order valence-electron chi connectivity index (χ0n) is 12.0. The van der Waals surface area contributed by atoms with Gasteiger partial charge in [-0.05, 0) is 18.2 Å². The molecular formula is C15H23NO3S. The van der Waals surface area contributed by atoms with Crippen LogP contribution in [-0.2, 0) is 5.75 Å². The number of benzene rings is 1. The van der Waals surface area contributed by atoms with Crippen LogP contribution in [0.1, 0.15) is 51.0 Å². The van der Waals surface area contributed by atoms with E-state index in [0.717, 1.165) is 5.75 Å². The lowest BCUT2D eigenvalue weighted by Crippen LogP contribution is -1.91. The maximum Gasteiger partial charge on any atom is 0.270 e. The third-order valence-corrected chi connectivity index (χ3v) is 4.27. The number of hydrogen-bond acceptors (Lipinski definition) is 4. The Bertz CT molecular complexity index is 424. The normalized spacial score (nSPS) is 10.7. The largest absolute Gasteiger partial charge is 0.508 e. The number of nitrogens with zero attached hydrogens (tertiary/aromatic N) is 1. The highest BCUT2D eigenvalue weighted by atomic mass is 32.2. The summed E-state index contributed by atoms with van der Waals surface area (Å²) in [5.41, 5.74) is 0.688. The van der Waals surface area contributed by atoms with Crippen molar-refractivity contribution in [3.05, 3.63) is 33.9 Å². The van der Waals surface area contributed by atoms with E-state index in [2.05, 4.69) is 6.92 Å². The van der Waals surface area contributed by atoms with Gasteiger partial charge in [0.2, 0.25) is 0 Å². The zero-order chi connectivity index (χ0) is 14.8. The molecule has 5 heteroatoms. The molecule has 0 radical (unpaired) electrons. The lowest BCUT2D eigenvalue weighted by Gasteiger charge is -2.05. The van der Waals surface area contributed by atoms with E-state index in [4.69, 9.17) is 0 Å². The molecule has 0 aliphatic rings. The highest BCUT2D eigenvalue weighted by molar-refractivity contribution is 7.98. The Hall–Kier alpha value is -1.23. The summed E-state index contributed by atoms with van der Waals surface area (Å²) in [4.78, 5) is 10.3. The predicted octanol–water partition coefficient (Wildman–Crippen LogP) is 4.89. The van der Waals surface area contributed by atoms with Crippen molar-refractivity contribution in [1.82, 2.24) is 0 Å². The van der Waals surface area contributed by atoms with E-state index in [0.29, 0.717) is 11.3 Å². The predicted molar refractivity (Wildman–Crippen MR) is 84.3 cm³/mol. The number of non-ortho nitro benzene ring substituents is 1. The van der Waals surface area contributed by atoms with Crippen molar-refractivity contribution in [2.45, 2.75) is 51.2 Å². The smallest absolute Gasteiger partial charge is 0.270 e. The number of phenolic OH excluding ortho intramolecular Hbond substituents is 1. The Morgan fingerprint density at radius 2 is 1.90 bits per heavy atom. The number of unbranched alkanes of at least 4 members (excludes halogenated alkanes) is 5. The van der Waals surface area contributed by atoms with Gasteiger partial charge in [0.15, 0.2) is 0 Å². The molecule has 0 unspecified atom stereocenters. The summed E-state index contributed by atoms with van der Waals surface area (Å²) >= 11 is 1.72. The van der Waals surface area contributed by atoms with E-state index in [9.17, 15) is 15.2 Å². The van der Waals surface area contributed by atoms with Crippen molar-refractivity contribution in [1.29, 1.82) is 0 Å². The summed E-state index contributed by atoms with van der Waals surface area (Å²) in [5.74, 6) is 1.81. The van der Waals surface area contributed by atoms with Crippen molar-refractivity contribution in [2.24, 2.45) is 0 Å². The third-order valence-electron chi connectivity index (χ3n) is 3.17. The minimum absolute atomic E-state index is 0.0398. The van der Waals surface area contributed by atoms with Crippen LogP contribution in [0, 0.1) is 10.1 Å². The number of thioether (sulfide) groups is 1. The Balaban J connectivity index is 2.24. The second kappa shape index (κ2) is 9.64. The van der Waals surface area contributed by atoms with Gasteiger partial charge in [0.1, 0.15) is 5.75 Å². The molecule has 4 nitrogen and oxygen atoms in total. The van der Waals surface area contributed by atoms with Gasteiger partial charge in [-0.15, -0.1) is 0 Å². The van der Waals surface area contributed by atoms with Crippen LogP contribution < -0.4 is 0 Å². The second-order valence-electron chi connectivity index (χ2n) is 4.89. The molecule has 0 aliphatic carbocycles. The highest BCUT2D eigenvalue weighted by Gasteiger charge is 2.09. The molecule has 0 amide bonds. The molecule has 0 bridgehead atoms. The van der Waals surface area contributed by atoms with Gasteiger partial charge in [-0.25, -0.2) is 0 Å². The van der Waals surface area contributed by atoms with Gasteiger partial charge in [0.05, 0.1) is 4.92 Å². The van der Waals surface area contributed by atoms with E-state index in [-0.39, 0.29) is 11.4 Å². The number of aromatic hydroxyl groups is 1. The quantitative estimate of drug-likeness (QED) is 0.379. The fourth-order valence-electron chi connectivity index (χ4n) is 1.97. The summed E-state index contributed by atoms with van der Waals surface area (Å²) in [5, 5.41) is 20.4. The molecule has 1 aromatic carbocycles. The van der Waals surface area contributed by atoms with Gasteiger partial charge >= 0.3 is 0 Å². The van der Waals surface area contributed by atoms with Gasteiger partial charge in [0.25, 0.3) is 5.69 Å². The molecule has 0 heterocycles. The summed E-state index contributed by atoms with van der Waals surface area (Å²) in [6, 6.07) is 4.19. The van der Waals surface area contributed by atoms with E-state index in [1.54, 1.807) is 11.8 Å². The van der Waals surface area contributed by atoms with Crippen molar-refractivity contribution in [3.8, 4) is 5.75 Å². The first-order valence-corrected chi connectivity index (χ1v) is 8.34. The first-order valence-electron chi connectivity index (χ1n) is 7.19. The van der Waals surface area contributed by atoms with E-state index in [1.807, 2.05) is 0 Å². The van der Waals surface area contributed by atoms with Gasteiger partial charge in [-0.2, -0.15) is 11.8 Å². The number of phenols is 1. The van der Waals surface area contributed by atoms with Crippen LogP contribution >= 0.6 is 11.8 Å². The fourth-order valence-corrected chi connectivity index (χ4v) is 2.97. The molecule has 20 heavy (non-hydrogen) atoms. The molecule has 0 spiro atoms. The molecule has 0 aromatic heterocycles. The summed E-state index contributed by atoms with van der Waals surface area (Å²) in [6.45, 7) is 2.21. The lowest BCUT2D eigenvalue weighted by molar-refractivity contribution is -0.384. The van der Waals surface area contributed by atoms with E-state index < -0.39 is 4.92 Å². The van der Waals surface area contributed by atoms with Gasteiger partial charge in [0, 0.05) is 23.4 Å². The van der Waals surface area contributed by atoms with Crippen LogP contribution in [0.15, 0.2) is 18.2 Å². The molecule has 0 saturated heterocycles. The lowest BCUT2D eigenvalue weighted by atomic mass is 10.1. The second-order valence-corrected chi connectivity index (χ2v) is 6.00. The standard InChI is InChI=1S/C15H23NO3S/c1-2-3-4-5-6-7-10-20-12-13-11-14(16(18)19)8-9-15(13)17/h8-9,11,17H,2-7,10,12H2,1H3. The molecule has 0 aliphatic heterocycles. The molecule has 1 N–H and O–H groups in total. The van der Waals surface area contributed by atoms with E-state index >= 15 is 0 Å². The number of nitro groups is 1. The molecular weight excluding hydrogens is 274 g/mol. The van der Waals surface area contributed by atoms with Gasteiger partial charge < -0.3 is 5.11 Å². The molecule has 0 fully saturated rings. The maximum atomic E-state index is 10.7. The number of hydrogen-bond donors (Lipinski definition) is 1. The first kappa shape index (κ1) is 16.8. The number of rotatable bonds is 10. The topological polar surface area (TPSA) is 63.4 Å². The Morgan fingerprint density at radius 1 is 1.20 bits per heavy atom. The van der Waals surface area contributed by atoms with Crippen molar-refractivity contribution in [3.63, 3.8) is 0 Å². The summed E-state index contributed by atoms with van der Waals surface area (Å²) in [7, 11) is 0. The molecule has 112 valence electrons. The Kier molecular flexibility index (Phi) is 8.11. The van der Waals surface area contributed by atoms with Gasteiger partial charge in [-0.3, -0.25) is 10.1 Å². The van der Waals surface area contributed by atoms with Crippen LogP contribution in [0.5, 0.6) is 5.75 Å². The average molecular weight is 297 g/mol. The van der Waals surface area contributed by atoms with Gasteiger partial charge in [-0.1, -0.05) is 39.0 Å². The van der Waals surface area contributed by atoms with Crippen LogP contribution in [0.3, 0.4) is 0 Å². The first-order chi connectivity index (χ1) is 9.65. The number of nitro benzene ring substituents is 1. The maximum absolute atomic E-state index is 10.7. The van der Waals surface area contributed by atoms with Crippen LogP contribution in [-0.4, -0.2) is 15.8 Å². The Labute approximate surface area is 124 Å². The SMILES string of the molecule is CCCCCCCCSCc1cc([N+](=O)[O-])ccc1O. The van der Waals surface area contributed by atoms with Crippen LogP contribution in [0.25, 0.3) is 0 Å². The van der Waals surface area contributed by atoms with E-state index in [1.165, 1.54) is 56.7 Å². The molecule has 1 rings (SSSR count). The van der Waals surface area contributed by atoms with Crippen molar-refractivity contribution >= 4 is 17.4 Å². The summed E-state index contributed by atoms with van der Waals surface area (Å²) < 4.78 is 0. The highest BCUT2D eigenvalue weighted by Crippen LogP contribution is 2.27. The molecule has 0 saturated carbocycles. The minimum atomic E-state index is -0.429. The minimum Gasteiger partial charge on any atom is -0.508 e. The molecule has 1 aromatic rings. The fraction of sp³-hybridized carbons (Fsp3) is 0.600. The van der Waals surface area contributed by atoms with Crippen molar-refractivity contribution in [2.75, 3.05) is 5.75 Å². The van der Waals surface area contributed by atoms with Crippen LogP contribution in [0.2, 0.25) is 0 Å². The third kappa shape index (κ3) is 6.28.